The topological polar surface area (TPSA) is 24.9 Å². The molecule has 2 aromatic rings. The lowest BCUT2D eigenvalue weighted by Gasteiger charge is -2.18. The van der Waals surface area contributed by atoms with Gasteiger partial charge in [0.05, 0.1) is 17.3 Å². The second-order valence-corrected chi connectivity index (χ2v) is 4.21. The molecule has 2 rings (SSSR count). The van der Waals surface area contributed by atoms with Crippen molar-refractivity contribution in [3.05, 3.63) is 65.2 Å². The third-order valence-electron chi connectivity index (χ3n) is 2.90. The normalized spacial score (nSPS) is 13.2. The Morgan fingerprint density at radius 3 is 2.45 bits per heavy atom. The van der Waals surface area contributed by atoms with Gasteiger partial charge in [0.25, 0.3) is 0 Å². The Kier molecular flexibility index (Phi) is 4.04. The van der Waals surface area contributed by atoms with E-state index in [1.165, 1.54) is 6.07 Å². The minimum Gasteiger partial charge on any atom is -0.308 e. The first-order valence-electron chi connectivity index (χ1n) is 5.88. The standard InChI is InChI=1S/C14H12F4N2/c1-19-13(12-4-2-3-7-20-12)9-5-6-11(15)10(8-9)14(16,17)18/h2-8,13,19H,1H3. The molecule has 0 fully saturated rings. The third-order valence-corrected chi connectivity index (χ3v) is 2.90. The summed E-state index contributed by atoms with van der Waals surface area (Å²) in [6.45, 7) is 0. The summed E-state index contributed by atoms with van der Waals surface area (Å²) in [5, 5.41) is 2.88. The minimum absolute atomic E-state index is 0.305. The van der Waals surface area contributed by atoms with Crippen molar-refractivity contribution in [1.29, 1.82) is 0 Å². The van der Waals surface area contributed by atoms with Crippen LogP contribution >= 0.6 is 0 Å². The predicted molar refractivity (Wildman–Crippen MR) is 66.5 cm³/mol. The van der Waals surface area contributed by atoms with Crippen LogP contribution in [-0.2, 0) is 6.18 Å². The quantitative estimate of drug-likeness (QED) is 0.872. The van der Waals surface area contributed by atoms with Crippen molar-refractivity contribution in [3.8, 4) is 0 Å². The van der Waals surface area contributed by atoms with E-state index < -0.39 is 23.6 Å². The maximum absolute atomic E-state index is 13.3. The molecule has 1 atom stereocenters. The van der Waals surface area contributed by atoms with Crippen LogP contribution in [0, 0.1) is 5.82 Å². The molecule has 6 heteroatoms. The molecule has 0 radical (unpaired) electrons. The van der Waals surface area contributed by atoms with Gasteiger partial charge in [-0.05, 0) is 36.9 Å². The lowest BCUT2D eigenvalue weighted by Crippen LogP contribution is -2.20. The first-order chi connectivity index (χ1) is 9.43. The monoisotopic (exact) mass is 284 g/mol. The van der Waals surface area contributed by atoms with E-state index in [1.807, 2.05) is 0 Å². The van der Waals surface area contributed by atoms with Crippen LogP contribution in [0.15, 0.2) is 42.6 Å². The van der Waals surface area contributed by atoms with Gasteiger partial charge in [-0.1, -0.05) is 12.1 Å². The second-order valence-electron chi connectivity index (χ2n) is 4.21. The molecule has 1 unspecified atom stereocenters. The molecule has 106 valence electrons. The van der Waals surface area contributed by atoms with E-state index >= 15 is 0 Å². The van der Waals surface area contributed by atoms with Gasteiger partial charge in [0, 0.05) is 6.20 Å². The fraction of sp³-hybridized carbons (Fsp3) is 0.214. The van der Waals surface area contributed by atoms with Crippen molar-refractivity contribution in [2.75, 3.05) is 7.05 Å². The number of rotatable bonds is 3. The zero-order valence-corrected chi connectivity index (χ0v) is 10.6. The molecule has 0 aliphatic rings. The average Bonchev–Trinajstić information content (AvgIpc) is 2.41. The fourth-order valence-electron chi connectivity index (χ4n) is 1.97. The van der Waals surface area contributed by atoms with Crippen LogP contribution < -0.4 is 5.32 Å². The largest absolute Gasteiger partial charge is 0.419 e. The molecule has 0 amide bonds. The smallest absolute Gasteiger partial charge is 0.308 e. The van der Waals surface area contributed by atoms with Gasteiger partial charge in [-0.15, -0.1) is 0 Å². The lowest BCUT2D eigenvalue weighted by molar-refractivity contribution is -0.140. The molecule has 0 bridgehead atoms. The van der Waals surface area contributed by atoms with E-state index in [0.29, 0.717) is 11.3 Å². The zero-order valence-electron chi connectivity index (χ0n) is 10.6. The van der Waals surface area contributed by atoms with Gasteiger partial charge in [-0.25, -0.2) is 4.39 Å². The van der Waals surface area contributed by atoms with Crippen molar-refractivity contribution in [2.45, 2.75) is 12.2 Å². The molecule has 0 aliphatic heterocycles. The summed E-state index contributed by atoms with van der Waals surface area (Å²) < 4.78 is 51.4. The first-order valence-corrected chi connectivity index (χ1v) is 5.88. The molecule has 1 aromatic heterocycles. The second kappa shape index (κ2) is 5.58. The van der Waals surface area contributed by atoms with Crippen LogP contribution in [0.3, 0.4) is 0 Å². The molecule has 0 saturated carbocycles. The number of halogens is 4. The molecular formula is C14H12F4N2. The van der Waals surface area contributed by atoms with E-state index in [1.54, 1.807) is 31.4 Å². The number of aromatic nitrogens is 1. The van der Waals surface area contributed by atoms with Crippen molar-refractivity contribution >= 4 is 0 Å². The fourth-order valence-corrected chi connectivity index (χ4v) is 1.97. The van der Waals surface area contributed by atoms with Crippen LogP contribution in [0.2, 0.25) is 0 Å². The predicted octanol–water partition coefficient (Wildman–Crippen LogP) is 3.55. The molecule has 20 heavy (non-hydrogen) atoms. The number of nitrogens with zero attached hydrogens (tertiary/aromatic N) is 1. The Bertz CT molecular complexity index is 581. The highest BCUT2D eigenvalue weighted by Crippen LogP contribution is 2.33. The Balaban J connectivity index is 2.46. The Hall–Kier alpha value is -1.95. The van der Waals surface area contributed by atoms with Gasteiger partial charge in [0.2, 0.25) is 0 Å². The number of benzene rings is 1. The summed E-state index contributed by atoms with van der Waals surface area (Å²) in [7, 11) is 1.61. The summed E-state index contributed by atoms with van der Waals surface area (Å²) in [6.07, 6.45) is -3.17. The van der Waals surface area contributed by atoms with Crippen LogP contribution in [0.1, 0.15) is 22.9 Å². The van der Waals surface area contributed by atoms with Crippen molar-refractivity contribution < 1.29 is 17.6 Å². The van der Waals surface area contributed by atoms with Gasteiger partial charge in [0.1, 0.15) is 5.82 Å². The zero-order chi connectivity index (χ0) is 14.8. The van der Waals surface area contributed by atoms with Crippen LogP contribution in [-0.4, -0.2) is 12.0 Å². The summed E-state index contributed by atoms with van der Waals surface area (Å²) in [4.78, 5) is 4.10. The van der Waals surface area contributed by atoms with Gasteiger partial charge < -0.3 is 5.32 Å². The van der Waals surface area contributed by atoms with E-state index in [2.05, 4.69) is 10.3 Å². The number of hydrogen-bond acceptors (Lipinski definition) is 2. The SMILES string of the molecule is CNC(c1ccc(F)c(C(F)(F)F)c1)c1ccccn1. The number of pyridine rings is 1. The molecule has 0 aliphatic carbocycles. The Labute approximate surface area is 113 Å². The lowest BCUT2D eigenvalue weighted by atomic mass is 10.0. The van der Waals surface area contributed by atoms with E-state index in [0.717, 1.165) is 12.1 Å². The summed E-state index contributed by atoms with van der Waals surface area (Å²) in [5.74, 6) is -1.28. The van der Waals surface area contributed by atoms with Crippen LogP contribution in [0.5, 0.6) is 0 Å². The Morgan fingerprint density at radius 1 is 1.15 bits per heavy atom. The minimum atomic E-state index is -4.72. The molecular weight excluding hydrogens is 272 g/mol. The Morgan fingerprint density at radius 2 is 1.90 bits per heavy atom. The number of nitrogens with one attached hydrogen (secondary N) is 1. The number of hydrogen-bond donors (Lipinski definition) is 1. The summed E-state index contributed by atoms with van der Waals surface area (Å²) >= 11 is 0. The molecule has 0 spiro atoms. The van der Waals surface area contributed by atoms with Gasteiger partial charge in [0.15, 0.2) is 0 Å². The maximum Gasteiger partial charge on any atom is 0.419 e. The maximum atomic E-state index is 13.3. The van der Waals surface area contributed by atoms with Crippen LogP contribution in [0.4, 0.5) is 17.6 Å². The van der Waals surface area contributed by atoms with Gasteiger partial charge >= 0.3 is 6.18 Å². The van der Waals surface area contributed by atoms with Crippen molar-refractivity contribution in [3.63, 3.8) is 0 Å². The van der Waals surface area contributed by atoms with Crippen LogP contribution in [0.25, 0.3) is 0 Å². The molecule has 0 saturated heterocycles. The first kappa shape index (κ1) is 14.5. The highest BCUT2D eigenvalue weighted by Gasteiger charge is 2.34. The third kappa shape index (κ3) is 2.96. The van der Waals surface area contributed by atoms with E-state index in [4.69, 9.17) is 0 Å². The van der Waals surface area contributed by atoms with E-state index in [-0.39, 0.29) is 0 Å². The molecule has 1 heterocycles. The molecule has 1 N–H and O–H groups in total. The highest BCUT2D eigenvalue weighted by molar-refractivity contribution is 5.33. The van der Waals surface area contributed by atoms with Gasteiger partial charge in [-0.2, -0.15) is 13.2 Å². The highest BCUT2D eigenvalue weighted by atomic mass is 19.4. The van der Waals surface area contributed by atoms with Gasteiger partial charge in [-0.3, -0.25) is 4.98 Å². The summed E-state index contributed by atoms with van der Waals surface area (Å²) in [6, 6.07) is 7.57. The number of alkyl halides is 3. The van der Waals surface area contributed by atoms with Crippen molar-refractivity contribution in [1.82, 2.24) is 10.3 Å². The van der Waals surface area contributed by atoms with Crippen molar-refractivity contribution in [2.24, 2.45) is 0 Å². The molecule has 2 nitrogen and oxygen atoms in total. The summed E-state index contributed by atoms with van der Waals surface area (Å²) in [5.41, 5.74) is -0.402. The van der Waals surface area contributed by atoms with E-state index in [9.17, 15) is 17.6 Å². The average molecular weight is 284 g/mol. The molecule has 1 aromatic carbocycles.